The van der Waals surface area contributed by atoms with E-state index >= 15 is 0 Å². The second kappa shape index (κ2) is 4.39. The lowest BCUT2D eigenvalue weighted by Gasteiger charge is -2.40. The van der Waals surface area contributed by atoms with Crippen LogP contribution in [0, 0.1) is 5.92 Å². The Morgan fingerprint density at radius 1 is 1.28 bits per heavy atom. The van der Waals surface area contributed by atoms with Crippen LogP contribution >= 0.6 is 0 Å². The molecule has 0 bridgehead atoms. The molecule has 1 fully saturated rings. The van der Waals surface area contributed by atoms with Gasteiger partial charge in [-0.15, -0.1) is 0 Å². The summed E-state index contributed by atoms with van der Waals surface area (Å²) < 4.78 is 5.76. The number of ketones is 1. The molecule has 1 aliphatic heterocycles. The van der Waals surface area contributed by atoms with Crippen molar-refractivity contribution in [3.63, 3.8) is 0 Å². The van der Waals surface area contributed by atoms with E-state index in [0.717, 1.165) is 37.7 Å². The maximum atomic E-state index is 12.2. The van der Waals surface area contributed by atoms with E-state index in [-0.39, 0.29) is 18.1 Å². The molecule has 0 aromatic carbocycles. The van der Waals surface area contributed by atoms with Crippen LogP contribution in [0.3, 0.4) is 0 Å². The van der Waals surface area contributed by atoms with E-state index in [1.165, 1.54) is 0 Å². The summed E-state index contributed by atoms with van der Waals surface area (Å²) in [6.07, 6.45) is 12.6. The monoisotopic (exact) mass is 246 g/mol. The van der Waals surface area contributed by atoms with Gasteiger partial charge in [0.2, 0.25) is 5.79 Å². The number of aliphatic hydroxyl groups is 1. The number of Topliss-reactive ketones (excluding diaryl/α,β-unsaturated/α-hetero) is 1. The van der Waals surface area contributed by atoms with Crippen molar-refractivity contribution in [2.75, 3.05) is 0 Å². The van der Waals surface area contributed by atoms with Crippen molar-refractivity contribution in [3.05, 3.63) is 35.6 Å². The summed E-state index contributed by atoms with van der Waals surface area (Å²) in [4.78, 5) is 12.2. The molecule has 96 valence electrons. The molecule has 2 unspecified atom stereocenters. The smallest absolute Gasteiger partial charge is 0.241 e. The molecule has 0 aromatic rings. The van der Waals surface area contributed by atoms with Gasteiger partial charge in [0, 0.05) is 5.57 Å². The minimum Gasteiger partial charge on any atom is -0.462 e. The highest BCUT2D eigenvalue weighted by Gasteiger charge is 2.45. The Balaban J connectivity index is 1.90. The Kier molecular flexibility index (Phi) is 2.86. The third-order valence-electron chi connectivity index (χ3n) is 3.92. The Morgan fingerprint density at radius 2 is 2.17 bits per heavy atom. The van der Waals surface area contributed by atoms with Crippen molar-refractivity contribution in [2.45, 2.75) is 44.3 Å². The average molecular weight is 246 g/mol. The lowest BCUT2D eigenvalue weighted by Crippen LogP contribution is -2.45. The molecule has 0 aromatic heterocycles. The number of allylic oxidation sites excluding steroid dienone is 4. The fourth-order valence-corrected chi connectivity index (χ4v) is 2.94. The minimum atomic E-state index is -1.44. The van der Waals surface area contributed by atoms with Gasteiger partial charge in [0.15, 0.2) is 0 Å². The molecule has 0 radical (unpaired) electrons. The van der Waals surface area contributed by atoms with Crippen molar-refractivity contribution in [1.29, 1.82) is 0 Å². The lowest BCUT2D eigenvalue weighted by molar-refractivity contribution is -0.182. The molecule has 18 heavy (non-hydrogen) atoms. The molecule has 1 heterocycles. The summed E-state index contributed by atoms with van der Waals surface area (Å²) in [5.74, 6) is -0.769. The Morgan fingerprint density at radius 3 is 2.94 bits per heavy atom. The first-order valence-electron chi connectivity index (χ1n) is 6.70. The van der Waals surface area contributed by atoms with Crippen LogP contribution in [0.1, 0.15) is 38.5 Å². The summed E-state index contributed by atoms with van der Waals surface area (Å²) in [6.45, 7) is 0. The van der Waals surface area contributed by atoms with Crippen LogP contribution in [0.15, 0.2) is 35.6 Å². The van der Waals surface area contributed by atoms with Crippen molar-refractivity contribution >= 4 is 5.78 Å². The third kappa shape index (κ3) is 1.93. The highest BCUT2D eigenvalue weighted by molar-refractivity contribution is 5.86. The van der Waals surface area contributed by atoms with E-state index in [2.05, 4.69) is 0 Å². The molecule has 0 spiro atoms. The standard InChI is InChI=1S/C15H18O3/c16-13-10-15(17,11-6-2-1-3-7-11)18-14-9-5-4-8-12(13)14/h2,6-7,9,12,17H,1,3-5,8,10H2. The lowest BCUT2D eigenvalue weighted by atomic mass is 9.82. The second-order valence-electron chi connectivity index (χ2n) is 5.26. The summed E-state index contributed by atoms with van der Waals surface area (Å²) in [5, 5.41) is 10.6. The number of carbonyl (C=O) groups is 1. The van der Waals surface area contributed by atoms with Gasteiger partial charge in [-0.2, -0.15) is 0 Å². The summed E-state index contributed by atoms with van der Waals surface area (Å²) in [5.41, 5.74) is 0.729. The molecule has 1 N–H and O–H groups in total. The van der Waals surface area contributed by atoms with E-state index in [0.29, 0.717) is 5.76 Å². The number of ether oxygens (including phenoxy) is 1. The van der Waals surface area contributed by atoms with E-state index in [1.54, 1.807) is 0 Å². The summed E-state index contributed by atoms with van der Waals surface area (Å²) in [6, 6.07) is 0. The molecule has 1 saturated heterocycles. The second-order valence-corrected chi connectivity index (χ2v) is 5.26. The quantitative estimate of drug-likeness (QED) is 0.773. The SMILES string of the molecule is O=C1CC(O)(C2=CCCC=C2)OC2=CCCCC12. The molecule has 3 heteroatoms. The van der Waals surface area contributed by atoms with Crippen molar-refractivity contribution in [3.8, 4) is 0 Å². The molecule has 0 amide bonds. The summed E-state index contributed by atoms with van der Waals surface area (Å²) in [7, 11) is 0. The number of hydrogen-bond acceptors (Lipinski definition) is 3. The van der Waals surface area contributed by atoms with Gasteiger partial charge in [-0.05, 0) is 38.2 Å². The van der Waals surface area contributed by atoms with E-state index in [4.69, 9.17) is 4.74 Å². The van der Waals surface area contributed by atoms with Gasteiger partial charge in [-0.3, -0.25) is 4.79 Å². The Hall–Kier alpha value is -1.35. The van der Waals surface area contributed by atoms with Crippen LogP contribution in [0.5, 0.6) is 0 Å². The molecule has 0 saturated carbocycles. The minimum absolute atomic E-state index is 0.0746. The topological polar surface area (TPSA) is 46.5 Å². The van der Waals surface area contributed by atoms with E-state index in [1.807, 2.05) is 24.3 Å². The first-order chi connectivity index (χ1) is 8.69. The van der Waals surface area contributed by atoms with Gasteiger partial charge < -0.3 is 9.84 Å². The number of rotatable bonds is 1. The van der Waals surface area contributed by atoms with Crippen LogP contribution in [-0.4, -0.2) is 16.7 Å². The number of fused-ring (bicyclic) bond motifs is 1. The molecule has 3 nitrogen and oxygen atoms in total. The third-order valence-corrected chi connectivity index (χ3v) is 3.92. The van der Waals surface area contributed by atoms with Gasteiger partial charge in [-0.1, -0.05) is 18.2 Å². The molecular formula is C15H18O3. The van der Waals surface area contributed by atoms with Gasteiger partial charge in [-0.25, -0.2) is 0 Å². The van der Waals surface area contributed by atoms with Crippen LogP contribution in [-0.2, 0) is 9.53 Å². The Labute approximate surface area is 107 Å². The van der Waals surface area contributed by atoms with E-state index < -0.39 is 5.79 Å². The van der Waals surface area contributed by atoms with Crippen molar-refractivity contribution < 1.29 is 14.6 Å². The van der Waals surface area contributed by atoms with Crippen LogP contribution in [0.4, 0.5) is 0 Å². The normalized spacial score (nSPS) is 35.4. The molecule has 3 rings (SSSR count). The summed E-state index contributed by atoms with van der Waals surface area (Å²) >= 11 is 0. The zero-order valence-corrected chi connectivity index (χ0v) is 10.4. The fourth-order valence-electron chi connectivity index (χ4n) is 2.94. The van der Waals surface area contributed by atoms with Gasteiger partial charge in [0.1, 0.15) is 11.5 Å². The van der Waals surface area contributed by atoms with Crippen LogP contribution in [0.2, 0.25) is 0 Å². The van der Waals surface area contributed by atoms with Crippen LogP contribution < -0.4 is 0 Å². The zero-order valence-electron chi connectivity index (χ0n) is 10.4. The zero-order chi connectivity index (χ0) is 12.6. The highest BCUT2D eigenvalue weighted by atomic mass is 16.6. The predicted octanol–water partition coefficient (Wildman–Crippen LogP) is 2.62. The van der Waals surface area contributed by atoms with Gasteiger partial charge >= 0.3 is 0 Å². The molecular weight excluding hydrogens is 228 g/mol. The predicted molar refractivity (Wildman–Crippen MR) is 67.5 cm³/mol. The highest BCUT2D eigenvalue weighted by Crippen LogP contribution is 2.41. The Bertz CT molecular complexity index is 458. The van der Waals surface area contributed by atoms with Gasteiger partial charge in [0.05, 0.1) is 12.3 Å². The van der Waals surface area contributed by atoms with Gasteiger partial charge in [0.25, 0.3) is 0 Å². The van der Waals surface area contributed by atoms with E-state index in [9.17, 15) is 9.90 Å². The number of hydrogen-bond donors (Lipinski definition) is 1. The van der Waals surface area contributed by atoms with Crippen LogP contribution in [0.25, 0.3) is 0 Å². The van der Waals surface area contributed by atoms with Crippen molar-refractivity contribution in [1.82, 2.24) is 0 Å². The molecule has 3 aliphatic rings. The first-order valence-corrected chi connectivity index (χ1v) is 6.70. The molecule has 2 aliphatic carbocycles. The first kappa shape index (κ1) is 11.7. The number of carbonyl (C=O) groups excluding carboxylic acids is 1. The average Bonchev–Trinajstić information content (AvgIpc) is 2.40. The van der Waals surface area contributed by atoms with Crippen molar-refractivity contribution in [2.24, 2.45) is 5.92 Å². The maximum absolute atomic E-state index is 12.2. The molecule has 2 atom stereocenters. The maximum Gasteiger partial charge on any atom is 0.241 e. The largest absolute Gasteiger partial charge is 0.462 e. The fraction of sp³-hybridized carbons (Fsp3) is 0.533.